The zero-order valence-corrected chi connectivity index (χ0v) is 11.6. The maximum atomic E-state index is 2.52. The molecule has 0 spiro atoms. The zero-order valence-electron chi connectivity index (χ0n) is 10.2. The molecule has 0 aliphatic heterocycles. The lowest BCUT2D eigenvalue weighted by Gasteiger charge is -2.17. The second kappa shape index (κ2) is 4.21. The van der Waals surface area contributed by atoms with Crippen LogP contribution in [-0.2, 0) is 0 Å². The molecule has 0 aromatic heterocycles. The fraction of sp³-hybridized carbons (Fsp3) is 0.467. The van der Waals surface area contributed by atoms with Crippen molar-refractivity contribution in [2.24, 2.45) is 0 Å². The molecule has 1 saturated carbocycles. The molecule has 0 heterocycles. The smallest absolute Gasteiger partial charge is 0.0788 e. The highest BCUT2D eigenvalue weighted by atomic mass is 28.2. The Labute approximate surface area is 101 Å². The quantitative estimate of drug-likeness (QED) is 0.634. The monoisotopic (exact) mass is 228 g/mol. The van der Waals surface area contributed by atoms with E-state index in [-0.39, 0.29) is 9.52 Å². The third kappa shape index (κ3) is 1.78. The van der Waals surface area contributed by atoms with Crippen LogP contribution in [0.4, 0.5) is 0 Å². The lowest BCUT2D eigenvalue weighted by atomic mass is 9.92. The third-order valence-corrected chi connectivity index (χ3v) is 6.66. The summed E-state index contributed by atoms with van der Waals surface area (Å²) >= 11 is 0. The van der Waals surface area contributed by atoms with Gasteiger partial charge in [-0.15, -0.1) is 0 Å². The van der Waals surface area contributed by atoms with E-state index in [2.05, 4.69) is 25.2 Å². The minimum Gasteiger partial charge on any atom is -0.0806 e. The maximum Gasteiger partial charge on any atom is 0.0788 e. The first-order valence-corrected chi connectivity index (χ1v) is 8.01. The molecule has 84 valence electrons. The fourth-order valence-electron chi connectivity index (χ4n) is 3.23. The summed E-state index contributed by atoms with van der Waals surface area (Å²) < 4.78 is 0. The van der Waals surface area contributed by atoms with Crippen molar-refractivity contribution in [1.82, 2.24) is 0 Å². The van der Waals surface area contributed by atoms with Gasteiger partial charge in [0.2, 0.25) is 0 Å². The van der Waals surface area contributed by atoms with E-state index in [9.17, 15) is 0 Å². The highest BCUT2D eigenvalue weighted by Crippen LogP contribution is 2.38. The van der Waals surface area contributed by atoms with E-state index in [4.69, 9.17) is 0 Å². The van der Waals surface area contributed by atoms with Crippen LogP contribution in [0.2, 0.25) is 0 Å². The average molecular weight is 228 g/mol. The van der Waals surface area contributed by atoms with E-state index in [1.165, 1.54) is 38.5 Å². The van der Waals surface area contributed by atoms with Crippen molar-refractivity contribution in [3.05, 3.63) is 45.3 Å². The minimum absolute atomic E-state index is 0.104. The molecule has 1 fully saturated rings. The second-order valence-corrected chi connectivity index (χ2v) is 7.35. The van der Waals surface area contributed by atoms with Crippen LogP contribution < -0.4 is 0 Å². The molecule has 3 rings (SSSR count). The molecule has 0 amide bonds. The van der Waals surface area contributed by atoms with Crippen LogP contribution in [0.3, 0.4) is 0 Å². The molecule has 0 nitrogen and oxygen atoms in total. The molecule has 0 atom stereocenters. The van der Waals surface area contributed by atoms with E-state index in [1.54, 1.807) is 21.9 Å². The van der Waals surface area contributed by atoms with Gasteiger partial charge in [0.15, 0.2) is 0 Å². The average Bonchev–Trinajstić information content (AvgIpc) is 2.88. The van der Waals surface area contributed by atoms with Crippen LogP contribution in [0.15, 0.2) is 45.3 Å². The Morgan fingerprint density at radius 3 is 2.75 bits per heavy atom. The first kappa shape index (κ1) is 10.3. The largest absolute Gasteiger partial charge is 0.0806 e. The van der Waals surface area contributed by atoms with Gasteiger partial charge in [-0.2, -0.15) is 0 Å². The van der Waals surface area contributed by atoms with Crippen molar-refractivity contribution in [1.29, 1.82) is 0 Å². The summed E-state index contributed by atoms with van der Waals surface area (Å²) in [7, 11) is -0.104. The predicted octanol–water partition coefficient (Wildman–Crippen LogP) is 3.55. The van der Waals surface area contributed by atoms with Gasteiger partial charge in [-0.25, -0.2) is 0 Å². The lowest BCUT2D eigenvalue weighted by Crippen LogP contribution is -2.05. The maximum absolute atomic E-state index is 2.52. The number of fused-ring (bicyclic) bond motifs is 1. The van der Waals surface area contributed by atoms with Gasteiger partial charge in [0.25, 0.3) is 0 Å². The van der Waals surface area contributed by atoms with Crippen LogP contribution >= 0.6 is 0 Å². The second-order valence-electron chi connectivity index (χ2n) is 5.29. The Morgan fingerprint density at radius 1 is 1.06 bits per heavy atom. The number of hydrogen-bond acceptors (Lipinski definition) is 0. The molecule has 0 N–H and O–H groups in total. The molecule has 0 unspecified atom stereocenters. The van der Waals surface area contributed by atoms with E-state index < -0.39 is 0 Å². The Bertz CT molecular complexity index is 432. The summed E-state index contributed by atoms with van der Waals surface area (Å²) in [6.07, 6.45) is 15.3. The molecule has 0 radical (unpaired) electrons. The molecule has 16 heavy (non-hydrogen) atoms. The molecular weight excluding hydrogens is 208 g/mol. The fourth-order valence-corrected chi connectivity index (χ4v) is 5.36. The Morgan fingerprint density at radius 2 is 1.94 bits per heavy atom. The van der Waals surface area contributed by atoms with Crippen LogP contribution in [0, 0.1) is 0 Å². The molecule has 0 aromatic carbocycles. The van der Waals surface area contributed by atoms with Gasteiger partial charge >= 0.3 is 0 Å². The SMILES string of the molecule is CC1=C([SiH2]C2=C3CCCCC3=CC2)CC=C1. The van der Waals surface area contributed by atoms with Gasteiger partial charge in [-0.1, -0.05) is 34.2 Å². The number of hydrogen-bond donors (Lipinski definition) is 0. The summed E-state index contributed by atoms with van der Waals surface area (Å²) in [4.78, 5) is 0. The van der Waals surface area contributed by atoms with Crippen molar-refractivity contribution in [2.75, 3.05) is 0 Å². The van der Waals surface area contributed by atoms with E-state index in [1.807, 2.05) is 5.20 Å². The van der Waals surface area contributed by atoms with Crippen molar-refractivity contribution in [3.63, 3.8) is 0 Å². The summed E-state index contributed by atoms with van der Waals surface area (Å²) in [5.41, 5.74) is 5.09. The summed E-state index contributed by atoms with van der Waals surface area (Å²) in [6, 6.07) is 0. The minimum atomic E-state index is -0.104. The molecule has 0 aromatic rings. The van der Waals surface area contributed by atoms with Gasteiger partial charge in [-0.3, -0.25) is 0 Å². The molecule has 1 heteroatoms. The molecule has 0 bridgehead atoms. The standard InChI is InChI=1S/C15H20Si/c1-11-5-4-8-14(11)16-15-10-9-12-6-2-3-7-13(12)15/h4-5,9H,2-3,6-8,10,16H2,1H3. The number of allylic oxidation sites excluding steroid dienone is 8. The summed E-state index contributed by atoms with van der Waals surface area (Å²) in [5.74, 6) is 0. The van der Waals surface area contributed by atoms with E-state index in [0.29, 0.717) is 0 Å². The van der Waals surface area contributed by atoms with Gasteiger partial charge < -0.3 is 0 Å². The summed E-state index contributed by atoms with van der Waals surface area (Å²) in [5, 5.41) is 3.66. The molecule has 0 saturated heterocycles. The first-order chi connectivity index (χ1) is 7.84. The van der Waals surface area contributed by atoms with Gasteiger partial charge in [0.05, 0.1) is 9.52 Å². The van der Waals surface area contributed by atoms with E-state index in [0.717, 1.165) is 0 Å². The van der Waals surface area contributed by atoms with Crippen LogP contribution in [-0.4, -0.2) is 9.52 Å². The number of rotatable bonds is 2. The molecule has 3 aliphatic carbocycles. The van der Waals surface area contributed by atoms with Gasteiger partial charge in [-0.05, 0) is 56.6 Å². The highest BCUT2D eigenvalue weighted by molar-refractivity contribution is 6.54. The normalized spacial score (nSPS) is 24.9. The van der Waals surface area contributed by atoms with Crippen molar-refractivity contribution < 1.29 is 0 Å². The third-order valence-electron chi connectivity index (χ3n) is 4.25. The van der Waals surface area contributed by atoms with Gasteiger partial charge in [0, 0.05) is 0 Å². The highest BCUT2D eigenvalue weighted by Gasteiger charge is 2.21. The van der Waals surface area contributed by atoms with Crippen molar-refractivity contribution in [2.45, 2.75) is 45.4 Å². The van der Waals surface area contributed by atoms with Crippen LogP contribution in [0.5, 0.6) is 0 Å². The Balaban J connectivity index is 1.79. The lowest BCUT2D eigenvalue weighted by molar-refractivity contribution is 0.681. The predicted molar refractivity (Wildman–Crippen MR) is 73.2 cm³/mol. The summed E-state index contributed by atoms with van der Waals surface area (Å²) in [6.45, 7) is 2.29. The Hall–Kier alpha value is -0.823. The van der Waals surface area contributed by atoms with E-state index >= 15 is 0 Å². The zero-order chi connectivity index (χ0) is 11.0. The van der Waals surface area contributed by atoms with Crippen molar-refractivity contribution in [3.8, 4) is 0 Å². The van der Waals surface area contributed by atoms with Crippen LogP contribution in [0.25, 0.3) is 0 Å². The Kier molecular flexibility index (Phi) is 2.72. The van der Waals surface area contributed by atoms with Crippen molar-refractivity contribution >= 4 is 9.52 Å². The molecule has 3 aliphatic rings. The first-order valence-electron chi connectivity index (χ1n) is 6.60. The van der Waals surface area contributed by atoms with Crippen LogP contribution in [0.1, 0.15) is 45.4 Å². The topological polar surface area (TPSA) is 0 Å². The molecular formula is C15H20Si. The van der Waals surface area contributed by atoms with Gasteiger partial charge in [0.1, 0.15) is 0 Å².